The summed E-state index contributed by atoms with van der Waals surface area (Å²) in [5.74, 6) is -0.275. The quantitative estimate of drug-likeness (QED) is 0.195. The standard InChI is InChI=1S/C19H38NO2.BrH/c1-6-7-8-9-10-11-12-13-14-15-20(4,5)16-17-22-19(21)18(2)3;/h2,6-17H2,1,3-5H3;1H/q+1;/p-1. The molecule has 0 N–H and O–H groups in total. The third-order valence-electron chi connectivity index (χ3n) is 4.15. The van der Waals surface area contributed by atoms with Crippen LogP contribution >= 0.6 is 0 Å². The molecule has 0 bridgehead atoms. The highest BCUT2D eigenvalue weighted by molar-refractivity contribution is 5.86. The van der Waals surface area contributed by atoms with Crippen LogP contribution in [0.5, 0.6) is 0 Å². The Morgan fingerprint density at radius 3 is 1.87 bits per heavy atom. The summed E-state index contributed by atoms with van der Waals surface area (Å²) in [6.07, 6.45) is 12.2. The molecule has 0 saturated heterocycles. The van der Waals surface area contributed by atoms with Gasteiger partial charge in [0, 0.05) is 5.57 Å². The SMILES string of the molecule is C=C(C)C(=O)OCC[N+](C)(C)CCCCCCCCCCC.[Br-]. The fourth-order valence-corrected chi connectivity index (χ4v) is 2.47. The van der Waals surface area contributed by atoms with E-state index in [1.165, 1.54) is 57.8 Å². The minimum atomic E-state index is -0.275. The summed E-state index contributed by atoms with van der Waals surface area (Å²) >= 11 is 0. The maximum Gasteiger partial charge on any atom is 0.333 e. The molecular formula is C19H38BrNO2. The first-order valence-corrected chi connectivity index (χ1v) is 9.03. The molecule has 23 heavy (non-hydrogen) atoms. The average molecular weight is 392 g/mol. The summed E-state index contributed by atoms with van der Waals surface area (Å²) in [5.41, 5.74) is 0.476. The number of ether oxygens (including phenoxy) is 1. The number of hydrogen-bond donors (Lipinski definition) is 0. The molecule has 0 amide bonds. The van der Waals surface area contributed by atoms with Crippen LogP contribution in [0.15, 0.2) is 12.2 Å². The number of halogens is 1. The molecule has 138 valence electrons. The van der Waals surface area contributed by atoms with Crippen LogP contribution in [-0.4, -0.2) is 44.2 Å². The largest absolute Gasteiger partial charge is 1.00 e. The van der Waals surface area contributed by atoms with Gasteiger partial charge >= 0.3 is 5.97 Å². The van der Waals surface area contributed by atoms with E-state index in [0.717, 1.165) is 17.6 Å². The third kappa shape index (κ3) is 16.3. The third-order valence-corrected chi connectivity index (χ3v) is 4.15. The van der Waals surface area contributed by atoms with Crippen LogP contribution in [0, 0.1) is 0 Å². The Labute approximate surface area is 154 Å². The van der Waals surface area contributed by atoms with Crippen molar-refractivity contribution in [2.24, 2.45) is 0 Å². The second-order valence-electron chi connectivity index (χ2n) is 7.13. The molecule has 0 aliphatic carbocycles. The van der Waals surface area contributed by atoms with Gasteiger partial charge in [0.1, 0.15) is 13.2 Å². The monoisotopic (exact) mass is 391 g/mol. The number of carbonyl (C=O) groups is 1. The molecule has 0 rings (SSSR count). The van der Waals surface area contributed by atoms with Gasteiger partial charge in [-0.05, 0) is 19.8 Å². The molecule has 0 heterocycles. The highest BCUT2D eigenvalue weighted by atomic mass is 79.9. The molecule has 0 aromatic rings. The molecule has 0 spiro atoms. The van der Waals surface area contributed by atoms with Gasteiger partial charge in [0.25, 0.3) is 0 Å². The predicted molar refractivity (Wildman–Crippen MR) is 94.8 cm³/mol. The Hall–Kier alpha value is -0.350. The number of quaternary nitrogens is 1. The maximum atomic E-state index is 11.3. The van der Waals surface area contributed by atoms with Gasteiger partial charge in [0.2, 0.25) is 0 Å². The zero-order chi connectivity index (χ0) is 16.8. The van der Waals surface area contributed by atoms with E-state index in [1.54, 1.807) is 6.92 Å². The molecule has 0 aromatic heterocycles. The van der Waals surface area contributed by atoms with Gasteiger partial charge in [-0.1, -0.05) is 58.4 Å². The van der Waals surface area contributed by atoms with Crippen molar-refractivity contribution in [3.63, 3.8) is 0 Å². The minimum Gasteiger partial charge on any atom is -1.00 e. The van der Waals surface area contributed by atoms with Crippen LogP contribution in [-0.2, 0) is 9.53 Å². The average Bonchev–Trinajstić information content (AvgIpc) is 2.45. The van der Waals surface area contributed by atoms with Crippen LogP contribution in [0.2, 0.25) is 0 Å². The highest BCUT2D eigenvalue weighted by Gasteiger charge is 2.15. The fraction of sp³-hybridized carbons (Fsp3) is 0.842. The van der Waals surface area contributed by atoms with E-state index in [0.29, 0.717) is 12.2 Å². The molecule has 0 saturated carbocycles. The molecule has 0 atom stereocenters. The second kappa shape index (κ2) is 15.2. The molecule has 0 fully saturated rings. The maximum absolute atomic E-state index is 11.3. The van der Waals surface area contributed by atoms with E-state index >= 15 is 0 Å². The number of likely N-dealkylation sites (N-methyl/N-ethyl adjacent to an activating group) is 1. The van der Waals surface area contributed by atoms with Gasteiger partial charge in [0.05, 0.1) is 20.6 Å². The molecule has 0 aliphatic heterocycles. The van der Waals surface area contributed by atoms with Crippen LogP contribution < -0.4 is 17.0 Å². The summed E-state index contributed by atoms with van der Waals surface area (Å²) in [6.45, 7) is 10.0. The van der Waals surface area contributed by atoms with Crippen LogP contribution in [0.3, 0.4) is 0 Å². The molecule has 0 radical (unpaired) electrons. The summed E-state index contributed by atoms with van der Waals surface area (Å²) in [6, 6.07) is 0. The number of carbonyl (C=O) groups excluding carboxylic acids is 1. The number of hydrogen-bond acceptors (Lipinski definition) is 2. The fourth-order valence-electron chi connectivity index (χ4n) is 2.47. The van der Waals surface area contributed by atoms with Gasteiger partial charge in [-0.15, -0.1) is 0 Å². The van der Waals surface area contributed by atoms with Crippen molar-refractivity contribution in [3.8, 4) is 0 Å². The number of rotatable bonds is 14. The van der Waals surface area contributed by atoms with Crippen LogP contribution in [0.1, 0.15) is 71.6 Å². The van der Waals surface area contributed by atoms with Crippen LogP contribution in [0.25, 0.3) is 0 Å². The topological polar surface area (TPSA) is 26.3 Å². The molecule has 3 nitrogen and oxygen atoms in total. The summed E-state index contributed by atoms with van der Waals surface area (Å²) in [4.78, 5) is 11.3. The second-order valence-corrected chi connectivity index (χ2v) is 7.13. The molecule has 4 heteroatoms. The lowest BCUT2D eigenvalue weighted by atomic mass is 10.1. The molecule has 0 aromatic carbocycles. The number of nitrogens with zero attached hydrogens (tertiary/aromatic N) is 1. The zero-order valence-electron chi connectivity index (χ0n) is 15.8. The summed E-state index contributed by atoms with van der Waals surface area (Å²) < 4.78 is 6.09. The van der Waals surface area contributed by atoms with Crippen molar-refractivity contribution < 1.29 is 31.0 Å². The van der Waals surface area contributed by atoms with Crippen LogP contribution in [0.4, 0.5) is 0 Å². The predicted octanol–water partition coefficient (Wildman–Crippen LogP) is 1.72. The molecule has 0 unspecified atom stereocenters. The molecule has 0 aliphatic rings. The first-order chi connectivity index (χ1) is 10.4. The van der Waals surface area contributed by atoms with E-state index in [1.807, 2.05) is 0 Å². The van der Waals surface area contributed by atoms with Gasteiger partial charge in [-0.25, -0.2) is 4.79 Å². The Morgan fingerprint density at radius 2 is 1.39 bits per heavy atom. The van der Waals surface area contributed by atoms with Crippen molar-refractivity contribution in [2.75, 3.05) is 33.8 Å². The Morgan fingerprint density at radius 1 is 0.913 bits per heavy atom. The van der Waals surface area contributed by atoms with Gasteiger partial charge < -0.3 is 26.2 Å². The summed E-state index contributed by atoms with van der Waals surface area (Å²) in [5, 5.41) is 0. The van der Waals surface area contributed by atoms with Crippen molar-refractivity contribution in [1.29, 1.82) is 0 Å². The van der Waals surface area contributed by atoms with E-state index in [-0.39, 0.29) is 23.0 Å². The number of unbranched alkanes of at least 4 members (excludes halogenated alkanes) is 8. The van der Waals surface area contributed by atoms with Gasteiger partial charge in [0.15, 0.2) is 0 Å². The van der Waals surface area contributed by atoms with E-state index in [2.05, 4.69) is 27.6 Å². The minimum absolute atomic E-state index is 0. The first kappa shape index (κ1) is 24.9. The summed E-state index contributed by atoms with van der Waals surface area (Å²) in [7, 11) is 4.42. The molecular weight excluding hydrogens is 354 g/mol. The Balaban J connectivity index is 0. The van der Waals surface area contributed by atoms with Crippen molar-refractivity contribution >= 4 is 5.97 Å². The van der Waals surface area contributed by atoms with Crippen molar-refractivity contribution in [1.82, 2.24) is 0 Å². The van der Waals surface area contributed by atoms with Crippen molar-refractivity contribution in [3.05, 3.63) is 12.2 Å². The Bertz CT molecular complexity index is 316. The zero-order valence-corrected chi connectivity index (χ0v) is 17.4. The van der Waals surface area contributed by atoms with Gasteiger partial charge in [-0.3, -0.25) is 0 Å². The van der Waals surface area contributed by atoms with Gasteiger partial charge in [-0.2, -0.15) is 0 Å². The van der Waals surface area contributed by atoms with E-state index in [9.17, 15) is 4.79 Å². The first-order valence-electron chi connectivity index (χ1n) is 9.03. The highest BCUT2D eigenvalue weighted by Crippen LogP contribution is 2.11. The van der Waals surface area contributed by atoms with Crippen molar-refractivity contribution in [2.45, 2.75) is 71.6 Å². The lowest BCUT2D eigenvalue weighted by Crippen LogP contribution is -3.00. The van der Waals surface area contributed by atoms with E-state index < -0.39 is 0 Å². The smallest absolute Gasteiger partial charge is 0.333 e. The Kier molecular flexibility index (Phi) is 16.4. The lowest BCUT2D eigenvalue weighted by molar-refractivity contribution is -0.890. The normalized spacial score (nSPS) is 11.0. The lowest BCUT2D eigenvalue weighted by Gasteiger charge is -2.29. The number of esters is 1. The van der Waals surface area contributed by atoms with E-state index in [4.69, 9.17) is 4.74 Å².